The van der Waals surface area contributed by atoms with Crippen LogP contribution in [0, 0.1) is 5.92 Å². The van der Waals surface area contributed by atoms with Crippen molar-refractivity contribution in [1.29, 1.82) is 0 Å². The minimum Gasteiger partial charge on any atom is -0.549 e. The van der Waals surface area contributed by atoms with E-state index in [0.717, 1.165) is 18.4 Å². The molecule has 180 valence electrons. The van der Waals surface area contributed by atoms with E-state index in [-0.39, 0.29) is 10.8 Å². The van der Waals surface area contributed by atoms with Crippen molar-refractivity contribution in [2.75, 3.05) is 6.26 Å². The van der Waals surface area contributed by atoms with E-state index >= 15 is 0 Å². The van der Waals surface area contributed by atoms with Gasteiger partial charge in [-0.05, 0) is 70.5 Å². The molecule has 0 amide bonds. The molecule has 0 aliphatic carbocycles. The zero-order valence-corrected chi connectivity index (χ0v) is 19.7. The van der Waals surface area contributed by atoms with E-state index in [4.69, 9.17) is 0 Å². The normalized spacial score (nSPS) is 13.1. The lowest BCUT2D eigenvalue weighted by molar-refractivity contribution is -0.308. The first-order valence-corrected chi connectivity index (χ1v) is 12.5. The number of carboxylic acid groups (broad SMARTS) is 1. The number of carbonyl (C=O) groups is 1. The fourth-order valence-electron chi connectivity index (χ4n) is 3.83. The van der Waals surface area contributed by atoms with Crippen molar-refractivity contribution in [3.63, 3.8) is 0 Å². The van der Waals surface area contributed by atoms with Crippen LogP contribution in [0.2, 0.25) is 0 Å². The summed E-state index contributed by atoms with van der Waals surface area (Å²) in [6, 6.07) is 15.8. The van der Waals surface area contributed by atoms with E-state index in [1.165, 1.54) is 24.3 Å². The van der Waals surface area contributed by atoms with Gasteiger partial charge in [0.25, 0.3) is 0 Å². The minimum atomic E-state index is -4.48. The number of aliphatic carboxylic acids is 1. The summed E-state index contributed by atoms with van der Waals surface area (Å²) in [5.74, 6) is -2.02. The van der Waals surface area contributed by atoms with Crippen LogP contribution in [0.3, 0.4) is 0 Å². The monoisotopic (exact) mass is 489 g/mol. The maximum Gasteiger partial charge on any atom is 0.416 e. The highest BCUT2D eigenvalue weighted by Gasteiger charge is 2.30. The molecule has 0 heterocycles. The molecular formula is C26H24F3O4S-. The summed E-state index contributed by atoms with van der Waals surface area (Å²) < 4.78 is 62.8. The average Bonchev–Trinajstić information content (AvgIpc) is 2.76. The van der Waals surface area contributed by atoms with Crippen molar-refractivity contribution in [3.8, 4) is 22.3 Å². The Morgan fingerprint density at radius 1 is 0.882 bits per heavy atom. The molecule has 1 atom stereocenters. The second-order valence-corrected chi connectivity index (χ2v) is 10.7. The van der Waals surface area contributed by atoms with E-state index in [9.17, 15) is 31.5 Å². The molecular weight excluding hydrogens is 465 g/mol. The third-order valence-electron chi connectivity index (χ3n) is 5.55. The van der Waals surface area contributed by atoms with Crippen LogP contribution in [0.15, 0.2) is 71.6 Å². The summed E-state index contributed by atoms with van der Waals surface area (Å²) in [5, 5.41) is 11.8. The number of alkyl halides is 3. The third-order valence-corrected chi connectivity index (χ3v) is 6.68. The summed E-state index contributed by atoms with van der Waals surface area (Å²) >= 11 is 0. The van der Waals surface area contributed by atoms with Gasteiger partial charge >= 0.3 is 6.18 Å². The molecule has 0 radical (unpaired) electrons. The first-order valence-electron chi connectivity index (χ1n) is 10.6. The van der Waals surface area contributed by atoms with Crippen LogP contribution in [0.1, 0.15) is 37.3 Å². The molecule has 0 bridgehead atoms. The molecule has 3 aromatic carbocycles. The SMILES string of the molecule is CC(C)CC(C(=O)[O-])c1ccc(-c2ccc(S(C)(=O)=O)cc2)c(-c2ccc(C(F)(F)F)cc2)c1. The number of carbonyl (C=O) groups excluding carboxylic acids is 1. The van der Waals surface area contributed by atoms with Gasteiger partial charge in [-0.15, -0.1) is 0 Å². The van der Waals surface area contributed by atoms with Crippen molar-refractivity contribution >= 4 is 15.8 Å². The van der Waals surface area contributed by atoms with Crippen LogP contribution >= 0.6 is 0 Å². The van der Waals surface area contributed by atoms with E-state index in [1.807, 2.05) is 13.8 Å². The average molecular weight is 490 g/mol. The molecule has 0 aromatic heterocycles. The molecule has 0 aliphatic rings. The van der Waals surface area contributed by atoms with Gasteiger partial charge in [0, 0.05) is 18.1 Å². The summed E-state index contributed by atoms with van der Waals surface area (Å²) in [4.78, 5) is 12.0. The van der Waals surface area contributed by atoms with Crippen molar-refractivity contribution in [2.24, 2.45) is 5.92 Å². The Labute approximate surface area is 197 Å². The van der Waals surface area contributed by atoms with Crippen LogP contribution in [0.25, 0.3) is 22.3 Å². The van der Waals surface area contributed by atoms with E-state index in [2.05, 4.69) is 0 Å². The summed E-state index contributed by atoms with van der Waals surface area (Å²) in [6.45, 7) is 3.79. The molecule has 34 heavy (non-hydrogen) atoms. The quantitative estimate of drug-likeness (QED) is 0.450. The molecule has 3 rings (SSSR count). The Morgan fingerprint density at radius 2 is 1.41 bits per heavy atom. The Kier molecular flexibility index (Phi) is 7.21. The predicted molar refractivity (Wildman–Crippen MR) is 123 cm³/mol. The number of carboxylic acids is 1. The van der Waals surface area contributed by atoms with Gasteiger partial charge < -0.3 is 9.90 Å². The van der Waals surface area contributed by atoms with Crippen molar-refractivity contribution in [3.05, 3.63) is 77.9 Å². The van der Waals surface area contributed by atoms with Crippen molar-refractivity contribution < 1.29 is 31.5 Å². The van der Waals surface area contributed by atoms with Gasteiger partial charge in [0.1, 0.15) is 0 Å². The lowest BCUT2D eigenvalue weighted by atomic mass is 9.85. The number of benzene rings is 3. The van der Waals surface area contributed by atoms with Gasteiger partial charge in [-0.25, -0.2) is 8.42 Å². The zero-order chi connectivity index (χ0) is 25.3. The fourth-order valence-corrected chi connectivity index (χ4v) is 4.46. The van der Waals surface area contributed by atoms with E-state index in [1.54, 1.807) is 30.3 Å². The number of halogens is 3. The largest absolute Gasteiger partial charge is 0.549 e. The highest BCUT2D eigenvalue weighted by molar-refractivity contribution is 7.90. The zero-order valence-electron chi connectivity index (χ0n) is 18.9. The van der Waals surface area contributed by atoms with Crippen LogP contribution in [-0.4, -0.2) is 20.6 Å². The highest BCUT2D eigenvalue weighted by atomic mass is 32.2. The van der Waals surface area contributed by atoms with Crippen molar-refractivity contribution in [2.45, 2.75) is 37.3 Å². The molecule has 8 heteroatoms. The molecule has 0 aliphatic heterocycles. The highest BCUT2D eigenvalue weighted by Crippen LogP contribution is 2.38. The third kappa shape index (κ3) is 5.86. The second-order valence-electron chi connectivity index (χ2n) is 8.68. The maximum absolute atomic E-state index is 13.1. The Morgan fingerprint density at radius 3 is 1.88 bits per heavy atom. The summed E-state index contributed by atoms with van der Waals surface area (Å²) in [6.07, 6.45) is -3.04. The van der Waals surface area contributed by atoms with Crippen LogP contribution in [-0.2, 0) is 20.8 Å². The summed E-state index contributed by atoms with van der Waals surface area (Å²) in [5.41, 5.74) is 1.97. The van der Waals surface area contributed by atoms with Gasteiger partial charge in [0.2, 0.25) is 0 Å². The Balaban J connectivity index is 2.18. The molecule has 0 N–H and O–H groups in total. The number of hydrogen-bond donors (Lipinski definition) is 0. The smallest absolute Gasteiger partial charge is 0.416 e. The van der Waals surface area contributed by atoms with Crippen LogP contribution in [0.4, 0.5) is 13.2 Å². The number of sulfone groups is 1. The molecule has 0 spiro atoms. The van der Waals surface area contributed by atoms with Gasteiger partial charge in [0.15, 0.2) is 9.84 Å². The topological polar surface area (TPSA) is 74.3 Å². The summed E-state index contributed by atoms with van der Waals surface area (Å²) in [7, 11) is -3.40. The maximum atomic E-state index is 13.1. The molecule has 0 fully saturated rings. The second kappa shape index (κ2) is 9.62. The van der Waals surface area contributed by atoms with Crippen molar-refractivity contribution in [1.82, 2.24) is 0 Å². The van der Waals surface area contributed by atoms with E-state index < -0.39 is 33.5 Å². The van der Waals surface area contributed by atoms with Gasteiger partial charge in [-0.1, -0.05) is 50.2 Å². The fraction of sp³-hybridized carbons (Fsp3) is 0.269. The lowest BCUT2D eigenvalue weighted by Crippen LogP contribution is -2.30. The predicted octanol–water partition coefficient (Wildman–Crippen LogP) is 5.32. The standard InChI is InChI=1S/C26H25F3O4S/c1-16(2)14-24(25(30)31)19-8-13-22(17-6-11-21(12-7-17)34(3,32)33)23(15-19)18-4-9-20(10-5-18)26(27,28)29/h4-13,15-16,24H,14H2,1-3H3,(H,30,31)/p-1. The van der Waals surface area contributed by atoms with Gasteiger partial charge in [-0.2, -0.15) is 13.2 Å². The molecule has 4 nitrogen and oxygen atoms in total. The van der Waals surface area contributed by atoms with E-state index in [0.29, 0.717) is 34.2 Å². The number of hydrogen-bond acceptors (Lipinski definition) is 4. The minimum absolute atomic E-state index is 0.0839. The van der Waals surface area contributed by atoms with Gasteiger partial charge in [0.05, 0.1) is 10.5 Å². The first kappa shape index (κ1) is 25.5. The Hall–Kier alpha value is -3.13. The molecule has 3 aromatic rings. The molecule has 0 saturated carbocycles. The van der Waals surface area contributed by atoms with Crippen LogP contribution < -0.4 is 5.11 Å². The Bertz CT molecular complexity index is 1280. The lowest BCUT2D eigenvalue weighted by Gasteiger charge is -2.22. The van der Waals surface area contributed by atoms with Crippen LogP contribution in [0.5, 0.6) is 0 Å². The van der Waals surface area contributed by atoms with Gasteiger partial charge in [-0.3, -0.25) is 0 Å². The number of rotatable bonds is 7. The molecule has 0 saturated heterocycles. The molecule has 1 unspecified atom stereocenters. The first-order chi connectivity index (χ1) is 15.8.